The molecule has 1 N–H and O–H groups in total. The molecule has 33 heavy (non-hydrogen) atoms. The lowest BCUT2D eigenvalue weighted by Crippen LogP contribution is -2.45. The normalized spacial score (nSPS) is 26.8. The molecule has 0 aromatic heterocycles. The van der Waals surface area contributed by atoms with Crippen LogP contribution in [0.4, 0.5) is 0 Å². The van der Waals surface area contributed by atoms with E-state index in [0.29, 0.717) is 6.42 Å². The molecule has 0 amide bonds. The average molecular weight is 473 g/mol. The first-order chi connectivity index (χ1) is 15.4. The molecular weight excluding hydrogens is 428 g/mol. The monoisotopic (exact) mass is 472 g/mol. The highest BCUT2D eigenvalue weighted by atomic mass is 16.6. The molecule has 8 heteroatoms. The topological polar surface area (TPSA) is 101 Å². The summed E-state index contributed by atoms with van der Waals surface area (Å²) >= 11 is 0. The van der Waals surface area contributed by atoms with Crippen molar-refractivity contribution in [1.29, 1.82) is 0 Å². The van der Waals surface area contributed by atoms with Gasteiger partial charge in [-0.1, -0.05) is 6.42 Å². The van der Waals surface area contributed by atoms with Crippen molar-refractivity contribution in [3.63, 3.8) is 0 Å². The highest BCUT2D eigenvalue weighted by molar-refractivity contribution is 5.79. The lowest BCUT2D eigenvalue weighted by atomic mass is 9.94. The van der Waals surface area contributed by atoms with E-state index in [1.54, 1.807) is 27.7 Å². The summed E-state index contributed by atoms with van der Waals surface area (Å²) in [6, 6.07) is 0. The molecule has 192 valence electrons. The van der Waals surface area contributed by atoms with Crippen LogP contribution in [-0.2, 0) is 33.3 Å². The van der Waals surface area contributed by atoms with Gasteiger partial charge in [0.1, 0.15) is 12.7 Å². The maximum absolute atomic E-state index is 12.7. The maximum atomic E-state index is 12.7. The minimum atomic E-state index is -1.17. The predicted octanol–water partition coefficient (Wildman–Crippen LogP) is 3.70. The Morgan fingerprint density at radius 1 is 0.879 bits per heavy atom. The number of rotatable bonds is 11. The molecule has 2 fully saturated rings. The molecule has 0 aliphatic heterocycles. The van der Waals surface area contributed by atoms with Gasteiger partial charge in [-0.05, 0) is 86.5 Å². The van der Waals surface area contributed by atoms with Gasteiger partial charge in [-0.15, -0.1) is 0 Å². The number of carbonyl (C=O) groups excluding carboxylic acids is 2. The van der Waals surface area contributed by atoms with Crippen LogP contribution in [0.5, 0.6) is 0 Å². The van der Waals surface area contributed by atoms with Crippen LogP contribution in [0.25, 0.3) is 0 Å². The van der Waals surface area contributed by atoms with Crippen LogP contribution < -0.4 is 0 Å². The molecule has 2 aliphatic rings. The van der Waals surface area contributed by atoms with Gasteiger partial charge in [0.05, 0.1) is 31.0 Å². The van der Waals surface area contributed by atoms with Crippen molar-refractivity contribution in [2.45, 2.75) is 135 Å². The second-order valence-electron chi connectivity index (χ2n) is 10.5. The number of aliphatic hydroxyl groups excluding tert-OH is 1. The SMILES string of the molecule is CC(C)OC1CCCCC1OC(=O)C(C)(C)OCCOC(=O)C(C)(C)OC1CCCC(O)C1. The minimum absolute atomic E-state index is 0.00185. The fraction of sp³-hybridized carbons (Fsp3) is 0.920. The molecule has 0 radical (unpaired) electrons. The minimum Gasteiger partial charge on any atom is -0.461 e. The van der Waals surface area contributed by atoms with Gasteiger partial charge in [-0.2, -0.15) is 0 Å². The Morgan fingerprint density at radius 3 is 2.18 bits per heavy atom. The van der Waals surface area contributed by atoms with Crippen molar-refractivity contribution in [3.8, 4) is 0 Å². The number of aliphatic hydroxyl groups is 1. The van der Waals surface area contributed by atoms with E-state index in [0.717, 1.165) is 44.9 Å². The van der Waals surface area contributed by atoms with Crippen LogP contribution >= 0.6 is 0 Å². The van der Waals surface area contributed by atoms with Gasteiger partial charge in [0.25, 0.3) is 0 Å². The van der Waals surface area contributed by atoms with Gasteiger partial charge in [0, 0.05) is 0 Å². The zero-order valence-electron chi connectivity index (χ0n) is 21.3. The van der Waals surface area contributed by atoms with Crippen LogP contribution in [0, 0.1) is 0 Å². The molecule has 0 bridgehead atoms. The highest BCUT2D eigenvalue weighted by Gasteiger charge is 2.38. The standard InChI is InChI=1S/C25H44O8/c1-17(2)31-20-12-7-8-13-21(20)32-23(28)24(3,4)30-15-14-29-22(27)25(5,6)33-19-11-9-10-18(26)16-19/h17-21,26H,7-16H2,1-6H3. The molecule has 2 saturated carbocycles. The second-order valence-corrected chi connectivity index (χ2v) is 10.5. The Kier molecular flexibility index (Phi) is 10.6. The number of esters is 2. The Labute approximate surface area is 198 Å². The third kappa shape index (κ3) is 9.15. The van der Waals surface area contributed by atoms with Crippen LogP contribution in [0.1, 0.15) is 92.9 Å². The van der Waals surface area contributed by atoms with Gasteiger partial charge < -0.3 is 28.8 Å². The molecule has 0 saturated heterocycles. The fourth-order valence-corrected chi connectivity index (χ4v) is 4.34. The summed E-state index contributed by atoms with van der Waals surface area (Å²) in [5.41, 5.74) is -2.29. The van der Waals surface area contributed by atoms with Crippen LogP contribution in [0.2, 0.25) is 0 Å². The van der Waals surface area contributed by atoms with E-state index in [1.165, 1.54) is 0 Å². The third-order valence-corrected chi connectivity index (χ3v) is 6.17. The van der Waals surface area contributed by atoms with Gasteiger partial charge >= 0.3 is 11.9 Å². The number of hydrogen-bond acceptors (Lipinski definition) is 8. The molecule has 0 spiro atoms. The first-order valence-corrected chi connectivity index (χ1v) is 12.4. The maximum Gasteiger partial charge on any atom is 0.338 e. The average Bonchev–Trinajstić information content (AvgIpc) is 2.71. The smallest absolute Gasteiger partial charge is 0.338 e. The first kappa shape index (κ1) is 28.0. The molecule has 0 aromatic rings. The Morgan fingerprint density at radius 2 is 1.55 bits per heavy atom. The van der Waals surface area contributed by atoms with E-state index in [1.807, 2.05) is 13.8 Å². The summed E-state index contributed by atoms with van der Waals surface area (Å²) in [5, 5.41) is 9.81. The molecule has 0 aromatic carbocycles. The summed E-state index contributed by atoms with van der Waals surface area (Å²) in [5.74, 6) is -0.944. The van der Waals surface area contributed by atoms with Crippen molar-refractivity contribution in [2.75, 3.05) is 13.2 Å². The zero-order chi connectivity index (χ0) is 24.6. The highest BCUT2D eigenvalue weighted by Crippen LogP contribution is 2.28. The van der Waals surface area contributed by atoms with Crippen molar-refractivity contribution in [3.05, 3.63) is 0 Å². The Bertz CT molecular complexity index is 630. The van der Waals surface area contributed by atoms with Crippen LogP contribution in [0.15, 0.2) is 0 Å². The number of ether oxygens (including phenoxy) is 5. The summed E-state index contributed by atoms with van der Waals surface area (Å²) < 4.78 is 28.6. The predicted molar refractivity (Wildman–Crippen MR) is 123 cm³/mol. The molecule has 4 unspecified atom stereocenters. The van der Waals surface area contributed by atoms with Crippen molar-refractivity contribution >= 4 is 11.9 Å². The Hall–Kier alpha value is -1.22. The van der Waals surface area contributed by atoms with Crippen molar-refractivity contribution in [1.82, 2.24) is 0 Å². The van der Waals surface area contributed by atoms with E-state index in [4.69, 9.17) is 23.7 Å². The third-order valence-electron chi connectivity index (χ3n) is 6.17. The molecule has 8 nitrogen and oxygen atoms in total. The van der Waals surface area contributed by atoms with E-state index in [9.17, 15) is 14.7 Å². The van der Waals surface area contributed by atoms with E-state index >= 15 is 0 Å². The molecule has 2 aliphatic carbocycles. The largest absolute Gasteiger partial charge is 0.461 e. The fourth-order valence-electron chi connectivity index (χ4n) is 4.34. The molecular formula is C25H44O8. The summed E-state index contributed by atoms with van der Waals surface area (Å²) in [6.45, 7) is 10.6. The first-order valence-electron chi connectivity index (χ1n) is 12.4. The van der Waals surface area contributed by atoms with Crippen LogP contribution in [0.3, 0.4) is 0 Å². The molecule has 2 rings (SSSR count). The van der Waals surface area contributed by atoms with E-state index in [2.05, 4.69) is 0 Å². The zero-order valence-corrected chi connectivity index (χ0v) is 21.3. The summed E-state index contributed by atoms with van der Waals surface area (Å²) in [6.07, 6.45) is 5.89. The molecule has 0 heterocycles. The Balaban J connectivity index is 1.75. The summed E-state index contributed by atoms with van der Waals surface area (Å²) in [7, 11) is 0. The van der Waals surface area contributed by atoms with E-state index < -0.39 is 23.1 Å². The van der Waals surface area contributed by atoms with Gasteiger partial charge in [0.2, 0.25) is 0 Å². The lowest BCUT2D eigenvalue weighted by Gasteiger charge is -2.34. The van der Waals surface area contributed by atoms with Gasteiger partial charge in [-0.25, -0.2) is 9.59 Å². The van der Waals surface area contributed by atoms with Crippen molar-refractivity contribution in [2.24, 2.45) is 0 Å². The quantitative estimate of drug-likeness (QED) is 0.359. The van der Waals surface area contributed by atoms with Gasteiger partial charge in [-0.3, -0.25) is 0 Å². The second kappa shape index (κ2) is 12.5. The summed E-state index contributed by atoms with van der Waals surface area (Å²) in [4.78, 5) is 25.2. The number of hydrogen-bond donors (Lipinski definition) is 1. The van der Waals surface area contributed by atoms with Crippen LogP contribution in [-0.4, -0.2) is 72.0 Å². The number of carbonyl (C=O) groups is 2. The van der Waals surface area contributed by atoms with Crippen molar-refractivity contribution < 1.29 is 38.4 Å². The molecule has 4 atom stereocenters. The van der Waals surface area contributed by atoms with Gasteiger partial charge in [0.15, 0.2) is 11.2 Å². The van der Waals surface area contributed by atoms with E-state index in [-0.39, 0.29) is 43.7 Å². The lowest BCUT2D eigenvalue weighted by molar-refractivity contribution is -0.190.